The topological polar surface area (TPSA) is 66.4 Å². The molecule has 0 spiro atoms. The molecular weight excluding hydrogens is 230 g/mol. The Balaban J connectivity index is 3.27. The first-order valence-corrected chi connectivity index (χ1v) is 6.71. The molecule has 0 saturated carbocycles. The zero-order valence-corrected chi connectivity index (χ0v) is 11.3. The fraction of sp³-hybridized carbons (Fsp3) is 0.714. The van der Waals surface area contributed by atoms with Gasteiger partial charge in [0.1, 0.15) is 0 Å². The molecule has 1 atom stereocenters. The van der Waals surface area contributed by atoms with Crippen LogP contribution in [0.25, 0.3) is 0 Å². The maximum Gasteiger partial charge on any atom is 0.303 e. The zero-order valence-electron chi connectivity index (χ0n) is 11.3. The molecule has 18 heavy (non-hydrogen) atoms. The van der Waals surface area contributed by atoms with Crippen molar-refractivity contribution in [2.45, 2.75) is 64.3 Å². The minimum atomic E-state index is -0.707. The summed E-state index contributed by atoms with van der Waals surface area (Å²) in [5, 5.41) is 11.3. The van der Waals surface area contributed by atoms with Gasteiger partial charge in [0, 0.05) is 12.5 Å². The van der Waals surface area contributed by atoms with Crippen molar-refractivity contribution in [3.63, 3.8) is 0 Å². The van der Waals surface area contributed by atoms with Crippen molar-refractivity contribution in [1.29, 1.82) is 0 Å². The van der Waals surface area contributed by atoms with E-state index in [9.17, 15) is 9.59 Å². The fourth-order valence-corrected chi connectivity index (χ4v) is 1.81. The number of hydrogen-bond donors (Lipinski definition) is 2. The van der Waals surface area contributed by atoms with Crippen LogP contribution in [0.3, 0.4) is 0 Å². The Labute approximate surface area is 109 Å². The van der Waals surface area contributed by atoms with E-state index in [1.54, 1.807) is 0 Å². The largest absolute Gasteiger partial charge is 0.481 e. The smallest absolute Gasteiger partial charge is 0.303 e. The van der Waals surface area contributed by atoms with Crippen LogP contribution in [0.15, 0.2) is 12.7 Å². The molecule has 4 nitrogen and oxygen atoms in total. The molecule has 0 fully saturated rings. The Kier molecular flexibility index (Phi) is 10.0. The van der Waals surface area contributed by atoms with Crippen molar-refractivity contribution >= 4 is 11.9 Å². The van der Waals surface area contributed by atoms with Crippen LogP contribution in [0.1, 0.15) is 58.3 Å². The second-order valence-corrected chi connectivity index (χ2v) is 4.67. The number of carbonyl (C=O) groups excluding carboxylic acids is 1. The monoisotopic (exact) mass is 255 g/mol. The summed E-state index contributed by atoms with van der Waals surface area (Å²) in [7, 11) is 0. The Morgan fingerprint density at radius 1 is 1.17 bits per heavy atom. The van der Waals surface area contributed by atoms with Crippen molar-refractivity contribution in [2.75, 3.05) is 0 Å². The van der Waals surface area contributed by atoms with E-state index in [1.807, 2.05) is 6.92 Å². The number of amides is 1. The predicted molar refractivity (Wildman–Crippen MR) is 72.4 cm³/mol. The lowest BCUT2D eigenvalue weighted by Crippen LogP contribution is -2.30. The normalized spacial score (nSPS) is 11.8. The van der Waals surface area contributed by atoms with Gasteiger partial charge in [-0.15, -0.1) is 0 Å². The van der Waals surface area contributed by atoms with Gasteiger partial charge in [0.2, 0.25) is 5.91 Å². The lowest BCUT2D eigenvalue weighted by Gasteiger charge is -2.11. The van der Waals surface area contributed by atoms with Crippen LogP contribution in [0.5, 0.6) is 0 Å². The SMILES string of the molecule is C=CC(=O)NC(C)CCCCCCCCC(=O)O. The minimum Gasteiger partial charge on any atom is -0.481 e. The molecule has 0 rings (SSSR count). The standard InChI is InChI=1S/C14H25NO3/c1-3-13(16)15-12(2)10-8-6-4-5-7-9-11-14(17)18/h3,12H,1,4-11H2,2H3,(H,15,16)(H,17,18). The summed E-state index contributed by atoms with van der Waals surface area (Å²) in [4.78, 5) is 21.3. The quantitative estimate of drug-likeness (QED) is 0.440. The van der Waals surface area contributed by atoms with Gasteiger partial charge in [-0.1, -0.05) is 38.7 Å². The number of nitrogens with one attached hydrogen (secondary N) is 1. The summed E-state index contributed by atoms with van der Waals surface area (Å²) >= 11 is 0. The van der Waals surface area contributed by atoms with E-state index in [2.05, 4.69) is 11.9 Å². The highest BCUT2D eigenvalue weighted by atomic mass is 16.4. The molecule has 0 aromatic carbocycles. The minimum absolute atomic E-state index is 0.115. The van der Waals surface area contributed by atoms with Crippen molar-refractivity contribution < 1.29 is 14.7 Å². The molecule has 0 bridgehead atoms. The fourth-order valence-electron chi connectivity index (χ4n) is 1.81. The first-order chi connectivity index (χ1) is 8.56. The Morgan fingerprint density at radius 3 is 2.28 bits per heavy atom. The molecule has 1 amide bonds. The average Bonchev–Trinajstić information content (AvgIpc) is 2.31. The maximum absolute atomic E-state index is 11.0. The van der Waals surface area contributed by atoms with Crippen LogP contribution >= 0.6 is 0 Å². The van der Waals surface area contributed by atoms with Crippen LogP contribution in [0, 0.1) is 0 Å². The van der Waals surface area contributed by atoms with Gasteiger partial charge in [0.15, 0.2) is 0 Å². The molecule has 4 heteroatoms. The number of carboxylic acid groups (broad SMARTS) is 1. The zero-order chi connectivity index (χ0) is 13.8. The molecule has 0 aromatic rings. The van der Waals surface area contributed by atoms with Gasteiger partial charge in [0.05, 0.1) is 0 Å². The summed E-state index contributed by atoms with van der Waals surface area (Å²) in [6.07, 6.45) is 8.80. The highest BCUT2D eigenvalue weighted by Crippen LogP contribution is 2.09. The molecule has 0 saturated heterocycles. The lowest BCUT2D eigenvalue weighted by molar-refractivity contribution is -0.137. The van der Waals surface area contributed by atoms with Gasteiger partial charge in [-0.05, 0) is 25.8 Å². The highest BCUT2D eigenvalue weighted by molar-refractivity contribution is 5.87. The number of hydrogen-bond acceptors (Lipinski definition) is 2. The van der Waals surface area contributed by atoms with E-state index in [-0.39, 0.29) is 18.4 Å². The molecule has 2 N–H and O–H groups in total. The maximum atomic E-state index is 11.0. The molecule has 0 aromatic heterocycles. The van der Waals surface area contributed by atoms with E-state index in [0.29, 0.717) is 0 Å². The van der Waals surface area contributed by atoms with Crippen molar-refractivity contribution in [2.24, 2.45) is 0 Å². The summed E-state index contributed by atoms with van der Waals surface area (Å²) in [6.45, 7) is 5.40. The van der Waals surface area contributed by atoms with Gasteiger partial charge in [-0.25, -0.2) is 0 Å². The third-order valence-electron chi connectivity index (χ3n) is 2.85. The second kappa shape index (κ2) is 10.8. The summed E-state index contributed by atoms with van der Waals surface area (Å²) < 4.78 is 0. The van der Waals surface area contributed by atoms with E-state index in [4.69, 9.17) is 5.11 Å². The molecule has 0 aliphatic rings. The first-order valence-electron chi connectivity index (χ1n) is 6.71. The third kappa shape index (κ3) is 11.2. The summed E-state index contributed by atoms with van der Waals surface area (Å²) in [5.74, 6) is -0.821. The molecule has 104 valence electrons. The van der Waals surface area contributed by atoms with E-state index >= 15 is 0 Å². The molecule has 0 aliphatic carbocycles. The van der Waals surface area contributed by atoms with Gasteiger partial charge < -0.3 is 10.4 Å². The number of carboxylic acids is 1. The molecule has 0 heterocycles. The third-order valence-corrected chi connectivity index (χ3v) is 2.85. The number of aliphatic carboxylic acids is 1. The van der Waals surface area contributed by atoms with Gasteiger partial charge in [-0.2, -0.15) is 0 Å². The van der Waals surface area contributed by atoms with Crippen LogP contribution in [-0.4, -0.2) is 23.0 Å². The molecule has 0 aliphatic heterocycles. The van der Waals surface area contributed by atoms with Crippen molar-refractivity contribution in [1.82, 2.24) is 5.32 Å². The average molecular weight is 255 g/mol. The molecule has 1 unspecified atom stereocenters. The predicted octanol–water partition coefficient (Wildman–Crippen LogP) is 2.88. The number of unbranched alkanes of at least 4 members (excludes halogenated alkanes) is 5. The number of rotatable bonds is 11. The van der Waals surface area contributed by atoms with Crippen LogP contribution < -0.4 is 5.32 Å². The van der Waals surface area contributed by atoms with E-state index in [1.165, 1.54) is 6.08 Å². The van der Waals surface area contributed by atoms with Crippen LogP contribution in [0.2, 0.25) is 0 Å². The first kappa shape index (κ1) is 16.7. The summed E-state index contributed by atoms with van der Waals surface area (Å²) in [5.41, 5.74) is 0. The van der Waals surface area contributed by atoms with Gasteiger partial charge >= 0.3 is 5.97 Å². The molecule has 0 radical (unpaired) electrons. The van der Waals surface area contributed by atoms with Crippen molar-refractivity contribution in [3.8, 4) is 0 Å². The lowest BCUT2D eigenvalue weighted by atomic mass is 10.1. The van der Waals surface area contributed by atoms with Gasteiger partial charge in [-0.3, -0.25) is 9.59 Å². The summed E-state index contributed by atoms with van der Waals surface area (Å²) in [6, 6.07) is 0.197. The van der Waals surface area contributed by atoms with E-state index < -0.39 is 5.97 Å². The van der Waals surface area contributed by atoms with Crippen LogP contribution in [0.4, 0.5) is 0 Å². The second-order valence-electron chi connectivity index (χ2n) is 4.67. The Bertz CT molecular complexity index is 264. The highest BCUT2D eigenvalue weighted by Gasteiger charge is 2.03. The van der Waals surface area contributed by atoms with Gasteiger partial charge in [0.25, 0.3) is 0 Å². The Hall–Kier alpha value is -1.32. The Morgan fingerprint density at radius 2 is 1.72 bits per heavy atom. The number of carbonyl (C=O) groups is 2. The van der Waals surface area contributed by atoms with Crippen molar-refractivity contribution in [3.05, 3.63) is 12.7 Å². The molecular formula is C14H25NO3. The van der Waals surface area contributed by atoms with Crippen LogP contribution in [-0.2, 0) is 9.59 Å². The van der Waals surface area contributed by atoms with E-state index in [0.717, 1.165) is 44.9 Å².